The second kappa shape index (κ2) is 7.76. The third-order valence-corrected chi connectivity index (χ3v) is 3.76. The Hall–Kier alpha value is -1.91. The summed E-state index contributed by atoms with van der Waals surface area (Å²) < 4.78 is 0. The van der Waals surface area contributed by atoms with E-state index in [2.05, 4.69) is 25.7 Å². The molecule has 0 heterocycles. The summed E-state index contributed by atoms with van der Waals surface area (Å²) in [7, 11) is 0. The van der Waals surface area contributed by atoms with E-state index < -0.39 is 4.92 Å². The predicted molar refractivity (Wildman–Crippen MR) is 85.1 cm³/mol. The highest BCUT2D eigenvalue weighted by molar-refractivity contribution is 5.99. The van der Waals surface area contributed by atoms with Crippen molar-refractivity contribution in [3.05, 3.63) is 33.9 Å². The van der Waals surface area contributed by atoms with Crippen molar-refractivity contribution in [3.8, 4) is 0 Å². The molecule has 0 saturated heterocycles. The zero-order valence-electron chi connectivity index (χ0n) is 13.3. The van der Waals surface area contributed by atoms with E-state index in [0.717, 1.165) is 31.5 Å². The molecule has 0 aliphatic carbocycles. The van der Waals surface area contributed by atoms with E-state index in [1.165, 1.54) is 13.0 Å². The minimum Gasteiger partial charge on any atom is -0.369 e. The van der Waals surface area contributed by atoms with Gasteiger partial charge in [-0.3, -0.25) is 14.9 Å². The predicted octanol–water partition coefficient (Wildman–Crippen LogP) is 4.20. The lowest BCUT2D eigenvalue weighted by atomic mass is 10.1. The molecule has 0 amide bonds. The summed E-state index contributed by atoms with van der Waals surface area (Å²) in [6, 6.07) is 5.17. The summed E-state index contributed by atoms with van der Waals surface area (Å²) in [5.41, 5.74) is 0.946. The van der Waals surface area contributed by atoms with Crippen molar-refractivity contribution >= 4 is 17.2 Å². The van der Waals surface area contributed by atoms with Crippen molar-refractivity contribution in [3.63, 3.8) is 0 Å². The SMILES string of the molecule is CCCCN(c1ccc([N+](=O)[O-])c(C(C)=O)c1)C(C)CC. The number of ketones is 1. The molecule has 1 aromatic carbocycles. The van der Waals surface area contributed by atoms with E-state index in [4.69, 9.17) is 0 Å². The van der Waals surface area contributed by atoms with Gasteiger partial charge in [0.1, 0.15) is 0 Å². The van der Waals surface area contributed by atoms with Crippen LogP contribution in [0.1, 0.15) is 57.3 Å². The Morgan fingerprint density at radius 1 is 1.38 bits per heavy atom. The standard InChI is InChI=1S/C16H24N2O3/c1-5-7-10-17(12(3)6-2)14-8-9-16(18(20)21)15(11-14)13(4)19/h8-9,11-12H,5-7,10H2,1-4H3. The third-order valence-electron chi connectivity index (χ3n) is 3.76. The van der Waals surface area contributed by atoms with Gasteiger partial charge in [-0.05, 0) is 38.8 Å². The maximum atomic E-state index is 11.7. The van der Waals surface area contributed by atoms with Gasteiger partial charge >= 0.3 is 0 Å². The minimum atomic E-state index is -0.500. The lowest BCUT2D eigenvalue weighted by Gasteiger charge is -2.31. The van der Waals surface area contributed by atoms with E-state index in [1.54, 1.807) is 12.1 Å². The van der Waals surface area contributed by atoms with Crippen molar-refractivity contribution in [2.45, 2.75) is 53.0 Å². The first-order chi connectivity index (χ1) is 9.92. The normalized spacial score (nSPS) is 12.0. The number of hydrogen-bond donors (Lipinski definition) is 0. The Labute approximate surface area is 126 Å². The van der Waals surface area contributed by atoms with Crippen LogP contribution in [0.5, 0.6) is 0 Å². The molecule has 1 unspecified atom stereocenters. The second-order valence-corrected chi connectivity index (χ2v) is 5.32. The second-order valence-electron chi connectivity index (χ2n) is 5.32. The lowest BCUT2D eigenvalue weighted by molar-refractivity contribution is -0.385. The molecule has 0 spiro atoms. The quantitative estimate of drug-likeness (QED) is 0.409. The molecule has 0 bridgehead atoms. The Kier molecular flexibility index (Phi) is 6.34. The van der Waals surface area contributed by atoms with Crippen LogP contribution in [0, 0.1) is 10.1 Å². The van der Waals surface area contributed by atoms with Crippen LogP contribution in [0.2, 0.25) is 0 Å². The molecular formula is C16H24N2O3. The van der Waals surface area contributed by atoms with Gasteiger partial charge in [-0.1, -0.05) is 20.3 Å². The van der Waals surface area contributed by atoms with Gasteiger partial charge in [-0.2, -0.15) is 0 Å². The summed E-state index contributed by atoms with van der Waals surface area (Å²) >= 11 is 0. The van der Waals surface area contributed by atoms with Crippen molar-refractivity contribution < 1.29 is 9.72 Å². The van der Waals surface area contributed by atoms with Crippen LogP contribution in [-0.2, 0) is 0 Å². The molecule has 0 fully saturated rings. The first-order valence-corrected chi connectivity index (χ1v) is 7.48. The summed E-state index contributed by atoms with van der Waals surface area (Å²) in [4.78, 5) is 24.4. The van der Waals surface area contributed by atoms with E-state index in [1.807, 2.05) is 0 Å². The average Bonchev–Trinajstić information content (AvgIpc) is 2.46. The zero-order chi connectivity index (χ0) is 16.0. The first kappa shape index (κ1) is 17.1. The van der Waals surface area contributed by atoms with Crippen molar-refractivity contribution in [1.82, 2.24) is 0 Å². The highest BCUT2D eigenvalue weighted by atomic mass is 16.6. The molecule has 21 heavy (non-hydrogen) atoms. The van der Waals surface area contributed by atoms with Crippen LogP contribution < -0.4 is 4.90 Å². The summed E-state index contributed by atoms with van der Waals surface area (Å²) in [6.07, 6.45) is 3.12. The largest absolute Gasteiger partial charge is 0.369 e. The molecule has 0 N–H and O–H groups in total. The highest BCUT2D eigenvalue weighted by Gasteiger charge is 2.21. The molecule has 0 radical (unpaired) electrons. The summed E-state index contributed by atoms with van der Waals surface area (Å²) in [5, 5.41) is 11.0. The molecule has 0 aromatic heterocycles. The number of Topliss-reactive ketones (excluding diaryl/α,β-unsaturated/α-hetero) is 1. The fourth-order valence-electron chi connectivity index (χ4n) is 2.30. The molecule has 5 heteroatoms. The Morgan fingerprint density at radius 2 is 2.05 bits per heavy atom. The van der Waals surface area contributed by atoms with Gasteiger partial charge in [-0.25, -0.2) is 0 Å². The topological polar surface area (TPSA) is 63.4 Å². The summed E-state index contributed by atoms with van der Waals surface area (Å²) in [6.45, 7) is 8.63. The van der Waals surface area contributed by atoms with Gasteiger partial charge in [0, 0.05) is 24.3 Å². The van der Waals surface area contributed by atoms with Gasteiger partial charge in [0.15, 0.2) is 5.78 Å². The molecular weight excluding hydrogens is 268 g/mol. The molecule has 1 atom stereocenters. The number of hydrogen-bond acceptors (Lipinski definition) is 4. The molecule has 1 rings (SSSR count). The van der Waals surface area contributed by atoms with Crippen LogP contribution in [0.25, 0.3) is 0 Å². The van der Waals surface area contributed by atoms with E-state index >= 15 is 0 Å². The molecule has 0 aliphatic rings. The smallest absolute Gasteiger partial charge is 0.280 e. The number of unbranched alkanes of at least 4 members (excludes halogenated alkanes) is 1. The minimum absolute atomic E-state index is 0.120. The van der Waals surface area contributed by atoms with Gasteiger partial charge in [0.2, 0.25) is 0 Å². The van der Waals surface area contributed by atoms with Crippen LogP contribution in [-0.4, -0.2) is 23.3 Å². The Morgan fingerprint density at radius 3 is 2.52 bits per heavy atom. The van der Waals surface area contributed by atoms with Crippen molar-refractivity contribution in [1.29, 1.82) is 0 Å². The number of benzene rings is 1. The van der Waals surface area contributed by atoms with Gasteiger partial charge in [0.25, 0.3) is 5.69 Å². The van der Waals surface area contributed by atoms with Crippen LogP contribution in [0.3, 0.4) is 0 Å². The van der Waals surface area contributed by atoms with Crippen molar-refractivity contribution in [2.24, 2.45) is 0 Å². The maximum Gasteiger partial charge on any atom is 0.280 e. The zero-order valence-corrected chi connectivity index (χ0v) is 13.3. The number of nitro groups is 1. The monoisotopic (exact) mass is 292 g/mol. The van der Waals surface area contributed by atoms with E-state index in [-0.39, 0.29) is 17.0 Å². The van der Waals surface area contributed by atoms with Crippen LogP contribution in [0.15, 0.2) is 18.2 Å². The molecule has 0 aliphatic heterocycles. The van der Waals surface area contributed by atoms with E-state index in [0.29, 0.717) is 6.04 Å². The Balaban J connectivity index is 3.23. The number of carbonyl (C=O) groups is 1. The molecule has 116 valence electrons. The first-order valence-electron chi connectivity index (χ1n) is 7.48. The highest BCUT2D eigenvalue weighted by Crippen LogP contribution is 2.27. The van der Waals surface area contributed by atoms with Crippen molar-refractivity contribution in [2.75, 3.05) is 11.4 Å². The van der Waals surface area contributed by atoms with Crippen LogP contribution >= 0.6 is 0 Å². The average molecular weight is 292 g/mol. The number of rotatable bonds is 8. The number of carbonyl (C=O) groups excluding carboxylic acids is 1. The van der Waals surface area contributed by atoms with Crippen LogP contribution in [0.4, 0.5) is 11.4 Å². The molecule has 1 aromatic rings. The maximum absolute atomic E-state index is 11.7. The van der Waals surface area contributed by atoms with E-state index in [9.17, 15) is 14.9 Å². The Bertz CT molecular complexity index is 514. The van der Waals surface area contributed by atoms with Gasteiger partial charge in [-0.15, -0.1) is 0 Å². The number of nitro benzene ring substituents is 1. The fraction of sp³-hybridized carbons (Fsp3) is 0.562. The lowest BCUT2D eigenvalue weighted by Crippen LogP contribution is -2.33. The number of anilines is 1. The van der Waals surface area contributed by atoms with Gasteiger partial charge < -0.3 is 4.90 Å². The summed E-state index contributed by atoms with van der Waals surface area (Å²) in [5.74, 6) is -0.275. The molecule has 0 saturated carbocycles. The fourth-order valence-corrected chi connectivity index (χ4v) is 2.30. The van der Waals surface area contributed by atoms with Gasteiger partial charge in [0.05, 0.1) is 10.5 Å². The number of nitrogens with zero attached hydrogens (tertiary/aromatic N) is 2. The molecule has 5 nitrogen and oxygen atoms in total. The third kappa shape index (κ3) is 4.28.